The molecule has 2 N–H and O–H groups in total. The number of aromatic nitrogens is 1. The molecule has 0 fully saturated rings. The van der Waals surface area contributed by atoms with Crippen molar-refractivity contribution in [3.05, 3.63) is 53.1 Å². The minimum atomic E-state index is -3.91. The first-order valence-electron chi connectivity index (χ1n) is 9.95. The summed E-state index contributed by atoms with van der Waals surface area (Å²) in [6, 6.07) is 10.4. The van der Waals surface area contributed by atoms with Gasteiger partial charge in [-0.15, -0.1) is 11.8 Å². The van der Waals surface area contributed by atoms with Crippen LogP contribution in [-0.4, -0.2) is 37.2 Å². The number of nitrogens with zero attached hydrogens (tertiary/aromatic N) is 2. The van der Waals surface area contributed by atoms with Gasteiger partial charge in [-0.1, -0.05) is 11.3 Å². The van der Waals surface area contributed by atoms with Gasteiger partial charge >= 0.3 is 5.97 Å². The summed E-state index contributed by atoms with van der Waals surface area (Å²) in [6.45, 7) is 1.72. The Morgan fingerprint density at radius 1 is 1.21 bits per heavy atom. The SMILES string of the molecule is CCOC(=O)Cn1c(=NC(=O)CCCSc2ccc(F)cc2)sc2cc(S(N)(=O)=O)ccc21. The van der Waals surface area contributed by atoms with Gasteiger partial charge in [0.1, 0.15) is 12.4 Å². The number of nitrogens with two attached hydrogens (primary N) is 1. The van der Waals surface area contributed by atoms with Gasteiger partial charge in [0.15, 0.2) is 4.80 Å². The minimum absolute atomic E-state index is 0.0739. The highest BCUT2D eigenvalue weighted by atomic mass is 32.2. The fourth-order valence-corrected chi connectivity index (χ4v) is 5.46. The third-order valence-corrected chi connectivity index (χ3v) is 7.46. The number of rotatable bonds is 9. The van der Waals surface area contributed by atoms with Crippen LogP contribution in [0.1, 0.15) is 19.8 Å². The Morgan fingerprint density at radius 2 is 1.94 bits per heavy atom. The lowest BCUT2D eigenvalue weighted by molar-refractivity contribution is -0.143. The number of sulfonamides is 1. The molecule has 1 aromatic heterocycles. The molecule has 0 saturated carbocycles. The molecular weight excluding hydrogens is 489 g/mol. The lowest BCUT2D eigenvalue weighted by Gasteiger charge is -2.05. The number of amides is 1. The van der Waals surface area contributed by atoms with E-state index in [1.807, 2.05) is 0 Å². The molecule has 0 radical (unpaired) electrons. The monoisotopic (exact) mass is 511 g/mol. The van der Waals surface area contributed by atoms with Crippen LogP contribution in [0.5, 0.6) is 0 Å². The van der Waals surface area contributed by atoms with E-state index in [4.69, 9.17) is 9.88 Å². The predicted octanol–water partition coefficient (Wildman–Crippen LogP) is 3.05. The van der Waals surface area contributed by atoms with Crippen molar-refractivity contribution < 1.29 is 27.1 Å². The molecule has 0 bridgehead atoms. The Labute approximate surface area is 198 Å². The molecule has 0 aliphatic heterocycles. The van der Waals surface area contributed by atoms with Crippen molar-refractivity contribution in [3.8, 4) is 0 Å². The molecule has 3 aromatic rings. The lowest BCUT2D eigenvalue weighted by Crippen LogP contribution is -2.23. The van der Waals surface area contributed by atoms with Crippen LogP contribution in [0.25, 0.3) is 10.2 Å². The second-order valence-corrected chi connectivity index (χ2v) is 10.6. The van der Waals surface area contributed by atoms with Gasteiger partial charge in [0.25, 0.3) is 0 Å². The second kappa shape index (κ2) is 11.1. The highest BCUT2D eigenvalue weighted by Gasteiger charge is 2.15. The third kappa shape index (κ3) is 6.97. The predicted molar refractivity (Wildman–Crippen MR) is 125 cm³/mol. The Kier molecular flexibility index (Phi) is 8.40. The van der Waals surface area contributed by atoms with Crippen LogP contribution in [-0.2, 0) is 30.9 Å². The number of benzene rings is 2. The average Bonchev–Trinajstić information content (AvgIpc) is 3.08. The molecule has 8 nitrogen and oxygen atoms in total. The van der Waals surface area contributed by atoms with Gasteiger partial charge in [0.05, 0.1) is 21.7 Å². The molecule has 3 rings (SSSR count). The van der Waals surface area contributed by atoms with E-state index < -0.39 is 16.0 Å². The van der Waals surface area contributed by atoms with Crippen LogP contribution >= 0.6 is 23.1 Å². The average molecular weight is 512 g/mol. The van der Waals surface area contributed by atoms with Crippen LogP contribution in [0.4, 0.5) is 4.39 Å². The smallest absolute Gasteiger partial charge is 0.326 e. The number of thiazole rings is 1. The van der Waals surface area contributed by atoms with Crippen molar-refractivity contribution in [3.63, 3.8) is 0 Å². The summed E-state index contributed by atoms with van der Waals surface area (Å²) in [5, 5.41) is 5.21. The molecule has 12 heteroatoms. The van der Waals surface area contributed by atoms with Crippen LogP contribution in [0.2, 0.25) is 0 Å². The van der Waals surface area contributed by atoms with E-state index >= 15 is 0 Å². The van der Waals surface area contributed by atoms with E-state index in [-0.39, 0.29) is 41.0 Å². The maximum atomic E-state index is 13.0. The first kappa shape index (κ1) is 25.1. The molecule has 2 aromatic carbocycles. The Balaban J connectivity index is 1.80. The van der Waals surface area contributed by atoms with Crippen LogP contribution in [0.3, 0.4) is 0 Å². The molecule has 1 heterocycles. The van der Waals surface area contributed by atoms with Crippen molar-refractivity contribution in [1.29, 1.82) is 0 Å². The molecular formula is C21H22FN3O5S3. The summed E-state index contributed by atoms with van der Waals surface area (Å²) >= 11 is 2.60. The van der Waals surface area contributed by atoms with Gasteiger partial charge in [0.2, 0.25) is 15.9 Å². The van der Waals surface area contributed by atoms with E-state index in [0.717, 1.165) is 16.2 Å². The van der Waals surface area contributed by atoms with Gasteiger partial charge < -0.3 is 9.30 Å². The van der Waals surface area contributed by atoms with Crippen LogP contribution < -0.4 is 9.94 Å². The van der Waals surface area contributed by atoms with Gasteiger partial charge in [0, 0.05) is 11.3 Å². The number of carbonyl (C=O) groups is 2. The number of hydrogen-bond acceptors (Lipinski definition) is 7. The van der Waals surface area contributed by atoms with Crippen LogP contribution in [0.15, 0.2) is 57.2 Å². The molecule has 0 saturated heterocycles. The van der Waals surface area contributed by atoms with Gasteiger partial charge in [-0.3, -0.25) is 9.59 Å². The number of thioether (sulfide) groups is 1. The summed E-state index contributed by atoms with van der Waals surface area (Å²) in [7, 11) is -3.91. The van der Waals surface area contributed by atoms with Crippen LogP contribution in [0, 0.1) is 5.82 Å². The zero-order chi connectivity index (χ0) is 24.0. The number of halogens is 1. The number of carbonyl (C=O) groups excluding carboxylic acids is 2. The highest BCUT2D eigenvalue weighted by molar-refractivity contribution is 7.99. The largest absolute Gasteiger partial charge is 0.465 e. The molecule has 0 atom stereocenters. The molecule has 0 spiro atoms. The highest BCUT2D eigenvalue weighted by Crippen LogP contribution is 2.22. The van der Waals surface area contributed by atoms with E-state index in [9.17, 15) is 22.4 Å². The summed E-state index contributed by atoms with van der Waals surface area (Å²) in [4.78, 5) is 29.8. The number of primary sulfonamides is 1. The minimum Gasteiger partial charge on any atom is -0.465 e. The van der Waals surface area contributed by atoms with E-state index in [0.29, 0.717) is 22.4 Å². The molecule has 0 aliphatic carbocycles. The summed E-state index contributed by atoms with van der Waals surface area (Å²) < 4.78 is 43.4. The van der Waals surface area contributed by atoms with Gasteiger partial charge in [-0.2, -0.15) is 4.99 Å². The number of hydrogen-bond donors (Lipinski definition) is 1. The van der Waals surface area contributed by atoms with Crippen molar-refractivity contribution in [2.24, 2.45) is 10.1 Å². The van der Waals surface area contributed by atoms with Crippen molar-refractivity contribution >= 4 is 55.2 Å². The first-order chi connectivity index (χ1) is 15.7. The molecule has 176 valence electrons. The van der Waals surface area contributed by atoms with Crippen molar-refractivity contribution in [1.82, 2.24) is 4.57 Å². The topological polar surface area (TPSA) is 121 Å². The third-order valence-electron chi connectivity index (χ3n) is 4.41. The normalized spacial score (nSPS) is 12.3. The van der Waals surface area contributed by atoms with E-state index in [1.165, 1.54) is 46.7 Å². The van der Waals surface area contributed by atoms with Gasteiger partial charge in [-0.25, -0.2) is 17.9 Å². The van der Waals surface area contributed by atoms with Gasteiger partial charge in [-0.05, 0) is 61.6 Å². The summed E-state index contributed by atoms with van der Waals surface area (Å²) in [5.74, 6) is -0.522. The van der Waals surface area contributed by atoms with E-state index in [2.05, 4.69) is 4.99 Å². The zero-order valence-electron chi connectivity index (χ0n) is 17.7. The fourth-order valence-electron chi connectivity index (χ4n) is 2.91. The number of ether oxygens (including phenoxy) is 1. The van der Waals surface area contributed by atoms with Crippen molar-refractivity contribution in [2.75, 3.05) is 12.4 Å². The zero-order valence-corrected chi connectivity index (χ0v) is 20.1. The second-order valence-electron chi connectivity index (χ2n) is 6.86. The molecule has 0 aliphatic rings. The van der Waals surface area contributed by atoms with Crippen molar-refractivity contribution in [2.45, 2.75) is 36.1 Å². The Bertz CT molecular complexity index is 1330. The summed E-state index contributed by atoms with van der Waals surface area (Å²) in [6.07, 6.45) is 0.743. The number of fused-ring (bicyclic) bond motifs is 1. The fraction of sp³-hybridized carbons (Fsp3) is 0.286. The standard InChI is InChI=1S/C21H22FN3O5S3/c1-2-30-20(27)13-25-17-10-9-16(33(23,28)29)12-18(17)32-21(25)24-19(26)4-3-11-31-15-7-5-14(22)6-8-15/h5-10,12H,2-4,11,13H2,1H3,(H2,23,28,29). The first-order valence-corrected chi connectivity index (χ1v) is 13.3. The maximum Gasteiger partial charge on any atom is 0.326 e. The number of esters is 1. The van der Waals surface area contributed by atoms with E-state index in [1.54, 1.807) is 19.1 Å². The molecule has 0 unspecified atom stereocenters. The molecule has 33 heavy (non-hydrogen) atoms. The lowest BCUT2D eigenvalue weighted by atomic mass is 10.3. The summed E-state index contributed by atoms with van der Waals surface area (Å²) in [5.41, 5.74) is 0.541. The maximum absolute atomic E-state index is 13.0. The quantitative estimate of drug-likeness (QED) is 0.268. The Morgan fingerprint density at radius 3 is 2.61 bits per heavy atom. The molecule has 1 amide bonds. The Hall–Kier alpha value is -2.54.